The third-order valence-electron chi connectivity index (χ3n) is 2.98. The third-order valence-corrected chi connectivity index (χ3v) is 2.98. The van der Waals surface area contributed by atoms with Gasteiger partial charge >= 0.3 is 0 Å². The van der Waals surface area contributed by atoms with Gasteiger partial charge in [-0.05, 0) is 12.8 Å². The largest absolute Gasteiger partial charge is 0.486 e. The molecule has 1 N–H and O–H groups in total. The summed E-state index contributed by atoms with van der Waals surface area (Å²) >= 11 is 0. The molecule has 114 valence electrons. The van der Waals surface area contributed by atoms with Gasteiger partial charge in [0.05, 0.1) is 0 Å². The normalized spacial score (nSPS) is 12.8. The molecule has 2 nitrogen and oxygen atoms in total. The highest BCUT2D eigenvalue weighted by atomic mass is 19.2. The van der Waals surface area contributed by atoms with Crippen molar-refractivity contribution in [3.05, 3.63) is 29.1 Å². The van der Waals surface area contributed by atoms with Crippen LogP contribution in [-0.2, 0) is 0 Å². The molecule has 0 saturated carbocycles. The molecule has 0 saturated heterocycles. The molecule has 0 amide bonds. The first-order valence-electron chi connectivity index (χ1n) is 6.15. The van der Waals surface area contributed by atoms with Crippen molar-refractivity contribution < 1.29 is 26.7 Å². The van der Waals surface area contributed by atoms with Gasteiger partial charge < -0.3 is 10.1 Å². The second kappa shape index (κ2) is 6.88. The van der Waals surface area contributed by atoms with E-state index >= 15 is 0 Å². The summed E-state index contributed by atoms with van der Waals surface area (Å²) in [5.74, 6) is -11.1. The van der Waals surface area contributed by atoms with Gasteiger partial charge in [0.1, 0.15) is 6.61 Å². The van der Waals surface area contributed by atoms with Gasteiger partial charge in [-0.15, -0.1) is 0 Å². The maximum atomic E-state index is 13.3. The van der Waals surface area contributed by atoms with Crippen LogP contribution in [0.3, 0.4) is 0 Å². The van der Waals surface area contributed by atoms with Gasteiger partial charge in [0.2, 0.25) is 29.1 Å². The highest BCUT2D eigenvalue weighted by molar-refractivity contribution is 5.29. The van der Waals surface area contributed by atoms with Crippen LogP contribution in [0.1, 0.15) is 20.8 Å². The van der Waals surface area contributed by atoms with Gasteiger partial charge in [0.25, 0.3) is 0 Å². The Bertz CT molecular complexity index is 449. The van der Waals surface area contributed by atoms with Crippen molar-refractivity contribution >= 4 is 0 Å². The molecule has 0 spiro atoms. The molecule has 20 heavy (non-hydrogen) atoms. The Kier molecular flexibility index (Phi) is 5.74. The fourth-order valence-electron chi connectivity index (χ4n) is 1.39. The first kappa shape index (κ1) is 16.7. The number of benzene rings is 1. The molecule has 1 atom stereocenters. The van der Waals surface area contributed by atoms with E-state index in [2.05, 4.69) is 10.1 Å². The van der Waals surface area contributed by atoms with E-state index in [1.54, 1.807) is 0 Å². The van der Waals surface area contributed by atoms with Crippen LogP contribution in [0.2, 0.25) is 0 Å². The molecule has 0 heterocycles. The molecular formula is C13H16F5NO. The molecule has 0 aliphatic rings. The van der Waals surface area contributed by atoms with E-state index in [9.17, 15) is 22.0 Å². The van der Waals surface area contributed by atoms with Crippen molar-refractivity contribution in [3.63, 3.8) is 0 Å². The molecule has 1 unspecified atom stereocenters. The summed E-state index contributed by atoms with van der Waals surface area (Å²) in [7, 11) is 0. The number of hydrogen-bond donors (Lipinski definition) is 1. The minimum absolute atomic E-state index is 0.134. The second-order valence-electron chi connectivity index (χ2n) is 4.73. The smallest absolute Gasteiger partial charge is 0.206 e. The van der Waals surface area contributed by atoms with Gasteiger partial charge in [0, 0.05) is 12.6 Å². The van der Waals surface area contributed by atoms with E-state index in [0.717, 1.165) is 0 Å². The van der Waals surface area contributed by atoms with E-state index in [0.29, 0.717) is 5.92 Å². The number of rotatable bonds is 6. The fraction of sp³-hybridized carbons (Fsp3) is 0.538. The number of halogens is 5. The molecule has 0 radical (unpaired) electrons. The molecule has 0 bridgehead atoms. The van der Waals surface area contributed by atoms with Crippen LogP contribution in [0.25, 0.3) is 0 Å². The lowest BCUT2D eigenvalue weighted by Gasteiger charge is -2.17. The van der Waals surface area contributed by atoms with Crippen LogP contribution in [0.15, 0.2) is 0 Å². The maximum Gasteiger partial charge on any atom is 0.206 e. The Labute approximate surface area is 113 Å². The molecule has 1 aromatic rings. The van der Waals surface area contributed by atoms with Crippen molar-refractivity contribution in [2.75, 3.05) is 13.2 Å². The quantitative estimate of drug-likeness (QED) is 0.376. The average molecular weight is 297 g/mol. The van der Waals surface area contributed by atoms with Gasteiger partial charge in [-0.2, -0.15) is 8.78 Å². The van der Waals surface area contributed by atoms with E-state index in [1.807, 2.05) is 20.8 Å². The zero-order valence-electron chi connectivity index (χ0n) is 11.4. The summed E-state index contributed by atoms with van der Waals surface area (Å²) in [5.41, 5.74) is 0. The summed E-state index contributed by atoms with van der Waals surface area (Å²) in [5, 5.41) is 3.00. The van der Waals surface area contributed by atoms with Crippen LogP contribution in [0.4, 0.5) is 22.0 Å². The van der Waals surface area contributed by atoms with Crippen LogP contribution in [-0.4, -0.2) is 19.2 Å². The topological polar surface area (TPSA) is 21.3 Å². The van der Waals surface area contributed by atoms with Crippen molar-refractivity contribution in [3.8, 4) is 5.75 Å². The minimum Gasteiger partial charge on any atom is -0.486 e. The Balaban J connectivity index is 2.70. The first-order chi connectivity index (χ1) is 9.27. The zero-order valence-corrected chi connectivity index (χ0v) is 11.4. The molecule has 1 rings (SSSR count). The lowest BCUT2D eigenvalue weighted by molar-refractivity contribution is 0.254. The summed E-state index contributed by atoms with van der Waals surface area (Å²) in [6.07, 6.45) is 0. The molecule has 7 heteroatoms. The predicted molar refractivity (Wildman–Crippen MR) is 64.0 cm³/mol. The summed E-state index contributed by atoms with van der Waals surface area (Å²) in [6, 6.07) is 0.134. The predicted octanol–water partition coefficient (Wildman–Crippen LogP) is 3.40. The third kappa shape index (κ3) is 3.59. The first-order valence-corrected chi connectivity index (χ1v) is 6.15. The number of ether oxygens (including phenoxy) is 1. The van der Waals surface area contributed by atoms with E-state index in [4.69, 9.17) is 0 Å². The van der Waals surface area contributed by atoms with Crippen LogP contribution in [0, 0.1) is 35.0 Å². The van der Waals surface area contributed by atoms with E-state index < -0.39 is 34.8 Å². The molecule has 0 aliphatic heterocycles. The summed E-state index contributed by atoms with van der Waals surface area (Å²) < 4.78 is 69.7. The van der Waals surface area contributed by atoms with Crippen molar-refractivity contribution in [1.82, 2.24) is 5.32 Å². The second-order valence-corrected chi connectivity index (χ2v) is 4.73. The van der Waals surface area contributed by atoms with E-state index in [1.165, 1.54) is 0 Å². The van der Waals surface area contributed by atoms with Gasteiger partial charge in [-0.25, -0.2) is 13.2 Å². The lowest BCUT2D eigenvalue weighted by atomic mass is 10.1. The summed E-state index contributed by atoms with van der Waals surface area (Å²) in [4.78, 5) is 0. The summed E-state index contributed by atoms with van der Waals surface area (Å²) in [6.45, 7) is 5.86. The van der Waals surface area contributed by atoms with Crippen molar-refractivity contribution in [2.45, 2.75) is 26.8 Å². The van der Waals surface area contributed by atoms with Crippen molar-refractivity contribution in [1.29, 1.82) is 0 Å². The van der Waals surface area contributed by atoms with Crippen LogP contribution in [0.5, 0.6) is 5.75 Å². The molecule has 1 aromatic carbocycles. The zero-order chi connectivity index (χ0) is 15.4. The molecule has 0 aromatic heterocycles. The van der Waals surface area contributed by atoms with Crippen molar-refractivity contribution in [2.24, 2.45) is 5.92 Å². The lowest BCUT2D eigenvalue weighted by Crippen LogP contribution is -2.34. The minimum atomic E-state index is -2.20. The Morgan fingerprint density at radius 1 is 0.850 bits per heavy atom. The molecule has 0 aliphatic carbocycles. The Morgan fingerprint density at radius 3 is 1.75 bits per heavy atom. The molecular weight excluding hydrogens is 281 g/mol. The number of hydrogen-bond acceptors (Lipinski definition) is 2. The average Bonchev–Trinajstić information content (AvgIpc) is 2.41. The van der Waals surface area contributed by atoms with Gasteiger partial charge in [-0.1, -0.05) is 13.8 Å². The highest BCUT2D eigenvalue weighted by Crippen LogP contribution is 2.28. The Morgan fingerprint density at radius 2 is 1.30 bits per heavy atom. The van der Waals surface area contributed by atoms with E-state index in [-0.39, 0.29) is 19.2 Å². The van der Waals surface area contributed by atoms with Gasteiger partial charge in [0.15, 0.2) is 5.75 Å². The Hall–Kier alpha value is -1.37. The van der Waals surface area contributed by atoms with Gasteiger partial charge in [-0.3, -0.25) is 0 Å². The SMILES string of the molecule is CC(C)C(C)NCCOc1c(F)c(F)c(F)c(F)c1F. The maximum absolute atomic E-state index is 13.3. The van der Waals surface area contributed by atoms with Crippen LogP contribution < -0.4 is 10.1 Å². The number of nitrogens with one attached hydrogen (secondary N) is 1. The van der Waals surface area contributed by atoms with Crippen LogP contribution >= 0.6 is 0 Å². The molecule has 0 fully saturated rings. The standard InChI is InChI=1S/C13H16F5NO/c1-6(2)7(3)19-4-5-20-13-11(17)9(15)8(14)10(16)12(13)18/h6-7,19H,4-5H2,1-3H3. The highest BCUT2D eigenvalue weighted by Gasteiger charge is 2.26. The fourth-order valence-corrected chi connectivity index (χ4v) is 1.39. The monoisotopic (exact) mass is 297 g/mol.